The van der Waals surface area contributed by atoms with Crippen LogP contribution in [0.1, 0.15) is 31.4 Å². The standard InChI is InChI=1S/C14H21NO3S2/c1-11(7-9-19(2)16)15-13-8-10-20(17,18)14-6-4-3-5-12(13)14/h3-6,11,13,15H,7-10H2,1-2H3. The van der Waals surface area contributed by atoms with Gasteiger partial charge in [0, 0.05) is 34.9 Å². The number of nitrogens with one attached hydrogen (secondary N) is 1. The van der Waals surface area contributed by atoms with Crippen molar-refractivity contribution in [3.8, 4) is 0 Å². The Labute approximate surface area is 123 Å². The van der Waals surface area contributed by atoms with Gasteiger partial charge in [-0.2, -0.15) is 0 Å². The van der Waals surface area contributed by atoms with Crippen LogP contribution in [0.5, 0.6) is 0 Å². The van der Waals surface area contributed by atoms with Crippen LogP contribution in [0.3, 0.4) is 0 Å². The van der Waals surface area contributed by atoms with Crippen LogP contribution in [0.4, 0.5) is 0 Å². The van der Waals surface area contributed by atoms with E-state index in [1.54, 1.807) is 18.4 Å². The minimum atomic E-state index is -3.13. The quantitative estimate of drug-likeness (QED) is 0.897. The Hall–Kier alpha value is -0.720. The third-order valence-electron chi connectivity index (χ3n) is 3.63. The first kappa shape index (κ1) is 15.7. The largest absolute Gasteiger partial charge is 0.307 e. The van der Waals surface area contributed by atoms with Crippen molar-refractivity contribution in [2.75, 3.05) is 17.8 Å². The first-order valence-corrected chi connectivity index (χ1v) is 10.2. The number of rotatable bonds is 5. The van der Waals surface area contributed by atoms with E-state index in [-0.39, 0.29) is 17.8 Å². The predicted octanol–water partition coefficient (Wildman–Crippen LogP) is 1.65. The molecule has 0 fully saturated rings. The zero-order chi connectivity index (χ0) is 14.8. The van der Waals surface area contributed by atoms with Crippen LogP contribution in [-0.2, 0) is 20.6 Å². The minimum Gasteiger partial charge on any atom is -0.307 e. The molecule has 0 radical (unpaired) electrons. The summed E-state index contributed by atoms with van der Waals surface area (Å²) in [5, 5.41) is 3.47. The maximum absolute atomic E-state index is 12.1. The van der Waals surface area contributed by atoms with Gasteiger partial charge < -0.3 is 5.32 Å². The summed E-state index contributed by atoms with van der Waals surface area (Å²) in [6.07, 6.45) is 3.13. The highest BCUT2D eigenvalue weighted by atomic mass is 32.2. The Balaban J connectivity index is 2.13. The molecule has 0 bridgehead atoms. The zero-order valence-corrected chi connectivity index (χ0v) is 13.5. The van der Waals surface area contributed by atoms with Crippen LogP contribution >= 0.6 is 0 Å². The van der Waals surface area contributed by atoms with Crippen LogP contribution < -0.4 is 5.32 Å². The molecule has 2 rings (SSSR count). The molecule has 1 heterocycles. The van der Waals surface area contributed by atoms with Crippen LogP contribution in [0.15, 0.2) is 29.2 Å². The molecule has 3 atom stereocenters. The Morgan fingerprint density at radius 1 is 1.40 bits per heavy atom. The third kappa shape index (κ3) is 3.68. The number of sulfone groups is 1. The monoisotopic (exact) mass is 315 g/mol. The summed E-state index contributed by atoms with van der Waals surface area (Å²) in [6.45, 7) is 2.05. The lowest BCUT2D eigenvalue weighted by Gasteiger charge is -2.29. The summed E-state index contributed by atoms with van der Waals surface area (Å²) in [6, 6.07) is 7.49. The summed E-state index contributed by atoms with van der Waals surface area (Å²) in [4.78, 5) is 0.454. The highest BCUT2D eigenvalue weighted by molar-refractivity contribution is 7.91. The van der Waals surface area contributed by atoms with Gasteiger partial charge in [-0.15, -0.1) is 0 Å². The number of benzene rings is 1. The molecule has 1 aromatic carbocycles. The van der Waals surface area contributed by atoms with E-state index in [1.807, 2.05) is 12.1 Å². The molecule has 112 valence electrons. The van der Waals surface area contributed by atoms with E-state index in [2.05, 4.69) is 12.2 Å². The molecular formula is C14H21NO3S2. The van der Waals surface area contributed by atoms with Crippen molar-refractivity contribution in [2.45, 2.75) is 36.7 Å². The van der Waals surface area contributed by atoms with E-state index >= 15 is 0 Å². The molecular weight excluding hydrogens is 294 g/mol. The SMILES string of the molecule is CC(CCS(C)=O)NC1CCS(=O)(=O)c2ccccc21. The van der Waals surface area contributed by atoms with E-state index in [1.165, 1.54) is 0 Å². The molecule has 6 heteroatoms. The molecule has 0 spiro atoms. The Morgan fingerprint density at radius 3 is 2.80 bits per heavy atom. The lowest BCUT2D eigenvalue weighted by molar-refractivity contribution is 0.426. The summed E-state index contributed by atoms with van der Waals surface area (Å²) >= 11 is 0. The number of hydrogen-bond acceptors (Lipinski definition) is 4. The Bertz CT molecular complexity index is 598. The molecule has 20 heavy (non-hydrogen) atoms. The number of hydrogen-bond donors (Lipinski definition) is 1. The van der Waals surface area contributed by atoms with Gasteiger partial charge in [-0.3, -0.25) is 4.21 Å². The van der Waals surface area contributed by atoms with Gasteiger partial charge in [0.1, 0.15) is 0 Å². The smallest absolute Gasteiger partial charge is 0.178 e. The lowest BCUT2D eigenvalue weighted by atomic mass is 10.0. The van der Waals surface area contributed by atoms with Crippen LogP contribution in [0.25, 0.3) is 0 Å². The van der Waals surface area contributed by atoms with E-state index < -0.39 is 20.6 Å². The van der Waals surface area contributed by atoms with Crippen molar-refractivity contribution in [2.24, 2.45) is 0 Å². The first-order chi connectivity index (χ1) is 9.40. The van der Waals surface area contributed by atoms with Crippen molar-refractivity contribution in [3.63, 3.8) is 0 Å². The normalized spacial score (nSPS) is 23.8. The van der Waals surface area contributed by atoms with Gasteiger partial charge in [0.2, 0.25) is 0 Å². The van der Waals surface area contributed by atoms with Crippen molar-refractivity contribution in [3.05, 3.63) is 29.8 Å². The van der Waals surface area contributed by atoms with Gasteiger partial charge in [-0.1, -0.05) is 18.2 Å². The molecule has 3 unspecified atom stereocenters. The topological polar surface area (TPSA) is 63.2 Å². The van der Waals surface area contributed by atoms with Crippen LogP contribution in [0.2, 0.25) is 0 Å². The second-order valence-electron chi connectivity index (χ2n) is 5.33. The van der Waals surface area contributed by atoms with Crippen LogP contribution in [0, 0.1) is 0 Å². The van der Waals surface area contributed by atoms with Gasteiger partial charge in [0.15, 0.2) is 9.84 Å². The average Bonchev–Trinajstić information content (AvgIpc) is 2.40. The van der Waals surface area contributed by atoms with Gasteiger partial charge in [0.25, 0.3) is 0 Å². The van der Waals surface area contributed by atoms with Gasteiger partial charge in [0.05, 0.1) is 10.6 Å². The Kier molecular flexibility index (Phi) is 4.99. The van der Waals surface area contributed by atoms with E-state index in [9.17, 15) is 12.6 Å². The molecule has 0 saturated carbocycles. The van der Waals surface area contributed by atoms with Crippen molar-refractivity contribution in [1.82, 2.24) is 5.32 Å². The highest BCUT2D eigenvalue weighted by Gasteiger charge is 2.30. The van der Waals surface area contributed by atoms with Crippen molar-refractivity contribution >= 4 is 20.6 Å². The molecule has 0 saturated heterocycles. The maximum Gasteiger partial charge on any atom is 0.178 e. The third-order valence-corrected chi connectivity index (χ3v) is 6.25. The first-order valence-electron chi connectivity index (χ1n) is 6.78. The van der Waals surface area contributed by atoms with E-state index in [0.29, 0.717) is 17.1 Å². The zero-order valence-electron chi connectivity index (χ0n) is 11.8. The second kappa shape index (κ2) is 6.37. The fourth-order valence-electron chi connectivity index (χ4n) is 2.53. The van der Waals surface area contributed by atoms with Gasteiger partial charge in [-0.05, 0) is 31.4 Å². The fourth-order valence-corrected chi connectivity index (χ4v) is 4.84. The molecule has 0 amide bonds. The van der Waals surface area contributed by atoms with Crippen molar-refractivity contribution < 1.29 is 12.6 Å². The van der Waals surface area contributed by atoms with Gasteiger partial charge >= 0.3 is 0 Å². The Morgan fingerprint density at radius 2 is 2.10 bits per heavy atom. The second-order valence-corrected chi connectivity index (χ2v) is 8.96. The summed E-state index contributed by atoms with van der Waals surface area (Å²) in [5.41, 5.74) is 0.864. The molecule has 1 N–H and O–H groups in total. The van der Waals surface area contributed by atoms with Gasteiger partial charge in [-0.25, -0.2) is 8.42 Å². The maximum atomic E-state index is 12.1. The van der Waals surface area contributed by atoms with E-state index in [4.69, 9.17) is 0 Å². The van der Waals surface area contributed by atoms with Crippen LogP contribution in [-0.4, -0.2) is 36.4 Å². The molecule has 0 aromatic heterocycles. The van der Waals surface area contributed by atoms with Crippen molar-refractivity contribution in [1.29, 1.82) is 0 Å². The molecule has 1 aliphatic heterocycles. The summed E-state index contributed by atoms with van der Waals surface area (Å²) in [5.74, 6) is 0.856. The number of fused-ring (bicyclic) bond motifs is 1. The minimum absolute atomic E-state index is 0.0648. The fraction of sp³-hybridized carbons (Fsp3) is 0.571. The summed E-state index contributed by atoms with van der Waals surface area (Å²) < 4.78 is 35.2. The predicted molar refractivity (Wildman–Crippen MR) is 82.0 cm³/mol. The molecule has 1 aromatic rings. The lowest BCUT2D eigenvalue weighted by Crippen LogP contribution is -2.35. The molecule has 0 aliphatic carbocycles. The molecule has 4 nitrogen and oxygen atoms in total. The highest BCUT2D eigenvalue weighted by Crippen LogP contribution is 2.32. The average molecular weight is 315 g/mol. The summed E-state index contributed by atoms with van der Waals surface area (Å²) in [7, 11) is -3.91. The molecule has 1 aliphatic rings. The van der Waals surface area contributed by atoms with E-state index in [0.717, 1.165) is 12.0 Å².